The van der Waals surface area contributed by atoms with Crippen molar-refractivity contribution in [3.8, 4) is 0 Å². The number of hydrogen-bond donors (Lipinski definition) is 1. The summed E-state index contributed by atoms with van der Waals surface area (Å²) in [4.78, 5) is 17.9. The average Bonchev–Trinajstić information content (AvgIpc) is 3.11. The van der Waals surface area contributed by atoms with Gasteiger partial charge in [0.2, 0.25) is 0 Å². The molecule has 0 spiro atoms. The second kappa shape index (κ2) is 6.20. The maximum atomic E-state index is 13.3. The van der Waals surface area contributed by atoms with Crippen LogP contribution in [-0.2, 0) is 18.3 Å². The lowest BCUT2D eigenvalue weighted by Gasteiger charge is -2.49. The van der Waals surface area contributed by atoms with Gasteiger partial charge in [-0.1, -0.05) is 38.1 Å². The van der Waals surface area contributed by atoms with Crippen molar-refractivity contribution >= 4 is 5.91 Å². The Bertz CT molecular complexity index is 884. The summed E-state index contributed by atoms with van der Waals surface area (Å²) >= 11 is 0. The van der Waals surface area contributed by atoms with Crippen LogP contribution in [0.1, 0.15) is 65.6 Å². The third-order valence-electron chi connectivity index (χ3n) is 6.68. The number of aromatic amines is 1. The molecule has 1 unspecified atom stereocenters. The number of fused-ring (bicyclic) bond motifs is 4. The largest absolute Gasteiger partial charge is 0.334 e. The molecule has 1 saturated heterocycles. The Kier molecular flexibility index (Phi) is 3.90. The molecule has 1 aromatic heterocycles. The fourth-order valence-corrected chi connectivity index (χ4v) is 5.29. The first-order valence-electron chi connectivity index (χ1n) is 10.2. The number of piperazine rings is 1. The van der Waals surface area contributed by atoms with Gasteiger partial charge in [-0.25, -0.2) is 0 Å². The highest BCUT2D eigenvalue weighted by atomic mass is 16.2. The van der Waals surface area contributed by atoms with Gasteiger partial charge in [0.05, 0.1) is 6.04 Å². The fourth-order valence-electron chi connectivity index (χ4n) is 5.29. The molecule has 5 rings (SSSR count). The molecule has 1 fully saturated rings. The minimum absolute atomic E-state index is 0.108. The van der Waals surface area contributed by atoms with Gasteiger partial charge in [0.15, 0.2) is 5.69 Å². The molecule has 1 aliphatic carbocycles. The van der Waals surface area contributed by atoms with Crippen LogP contribution in [0.5, 0.6) is 0 Å². The topological polar surface area (TPSA) is 52.2 Å². The number of benzene rings is 1. The van der Waals surface area contributed by atoms with Crippen molar-refractivity contribution in [1.29, 1.82) is 0 Å². The molecule has 2 aromatic rings. The van der Waals surface area contributed by atoms with Gasteiger partial charge in [0, 0.05) is 42.9 Å². The number of aryl methyl sites for hydroxylation is 1. The summed E-state index contributed by atoms with van der Waals surface area (Å²) in [7, 11) is 0. The zero-order chi connectivity index (χ0) is 18.6. The van der Waals surface area contributed by atoms with Crippen molar-refractivity contribution < 1.29 is 4.79 Å². The zero-order valence-electron chi connectivity index (χ0n) is 16.3. The maximum Gasteiger partial charge on any atom is 0.274 e. The van der Waals surface area contributed by atoms with Crippen LogP contribution in [0.15, 0.2) is 24.3 Å². The Hall–Kier alpha value is -2.14. The average molecular weight is 364 g/mol. The predicted molar refractivity (Wildman–Crippen MR) is 105 cm³/mol. The highest BCUT2D eigenvalue weighted by molar-refractivity contribution is 5.94. The van der Waals surface area contributed by atoms with E-state index in [0.29, 0.717) is 11.7 Å². The standard InChI is InChI=1S/C22H28N4O/c1-22(2)14-26-12-11-25(13-19(26)15-7-3-5-9-17(15)22)21(27)20-16-8-4-6-10-18(16)23-24-20/h3,5,7,9,19H,4,6,8,10-14H2,1-2H3,(H,23,24). The monoisotopic (exact) mass is 364 g/mol. The van der Waals surface area contributed by atoms with Crippen LogP contribution in [0.4, 0.5) is 0 Å². The number of nitrogens with one attached hydrogen (secondary N) is 1. The lowest BCUT2D eigenvalue weighted by atomic mass is 9.75. The van der Waals surface area contributed by atoms with Crippen LogP contribution in [-0.4, -0.2) is 52.1 Å². The summed E-state index contributed by atoms with van der Waals surface area (Å²) in [5.74, 6) is 0.108. The van der Waals surface area contributed by atoms with E-state index in [2.05, 4.69) is 53.2 Å². The second-order valence-electron chi connectivity index (χ2n) is 8.95. The molecule has 1 amide bonds. The van der Waals surface area contributed by atoms with E-state index in [1.807, 2.05) is 4.90 Å². The molecule has 0 bridgehead atoms. The van der Waals surface area contributed by atoms with Gasteiger partial charge in [-0.3, -0.25) is 14.8 Å². The molecule has 1 aromatic carbocycles. The molecule has 1 N–H and O–H groups in total. The number of aromatic nitrogens is 2. The fraction of sp³-hybridized carbons (Fsp3) is 0.545. The van der Waals surface area contributed by atoms with E-state index >= 15 is 0 Å². The summed E-state index contributed by atoms with van der Waals surface area (Å²) in [5.41, 5.74) is 5.98. The third-order valence-corrected chi connectivity index (χ3v) is 6.68. The molecule has 1 atom stereocenters. The quantitative estimate of drug-likeness (QED) is 0.846. The zero-order valence-corrected chi connectivity index (χ0v) is 16.3. The summed E-state index contributed by atoms with van der Waals surface area (Å²) in [6, 6.07) is 9.07. The van der Waals surface area contributed by atoms with Crippen LogP contribution < -0.4 is 0 Å². The van der Waals surface area contributed by atoms with E-state index < -0.39 is 0 Å². The van der Waals surface area contributed by atoms with E-state index in [1.165, 1.54) is 28.8 Å². The molecular weight excluding hydrogens is 336 g/mol. The molecule has 0 radical (unpaired) electrons. The molecule has 3 aliphatic rings. The van der Waals surface area contributed by atoms with E-state index in [-0.39, 0.29) is 11.3 Å². The second-order valence-corrected chi connectivity index (χ2v) is 8.95. The maximum absolute atomic E-state index is 13.3. The molecule has 5 nitrogen and oxygen atoms in total. The van der Waals surface area contributed by atoms with Crippen molar-refractivity contribution in [3.05, 3.63) is 52.3 Å². The number of rotatable bonds is 1. The highest BCUT2D eigenvalue weighted by Gasteiger charge is 2.41. The molecule has 2 aliphatic heterocycles. The number of H-pyrrole nitrogens is 1. The highest BCUT2D eigenvalue weighted by Crippen LogP contribution is 2.41. The number of carbonyl (C=O) groups excluding carboxylic acids is 1. The Balaban J connectivity index is 1.44. The Morgan fingerprint density at radius 2 is 2.00 bits per heavy atom. The Morgan fingerprint density at radius 3 is 2.89 bits per heavy atom. The molecule has 0 saturated carbocycles. The predicted octanol–water partition coefficient (Wildman–Crippen LogP) is 3.08. The number of amides is 1. The van der Waals surface area contributed by atoms with Crippen LogP contribution in [0.3, 0.4) is 0 Å². The van der Waals surface area contributed by atoms with Crippen molar-refractivity contribution in [1.82, 2.24) is 20.0 Å². The molecule has 27 heavy (non-hydrogen) atoms. The molecular formula is C22H28N4O. The van der Waals surface area contributed by atoms with Crippen LogP contribution in [0.2, 0.25) is 0 Å². The number of hydrogen-bond acceptors (Lipinski definition) is 3. The van der Waals surface area contributed by atoms with Crippen LogP contribution in [0.25, 0.3) is 0 Å². The minimum Gasteiger partial charge on any atom is -0.334 e. The van der Waals surface area contributed by atoms with Gasteiger partial charge in [-0.15, -0.1) is 0 Å². The number of nitrogens with zero attached hydrogens (tertiary/aromatic N) is 3. The first-order chi connectivity index (χ1) is 13.0. The van der Waals surface area contributed by atoms with Crippen molar-refractivity contribution in [2.45, 2.75) is 51.0 Å². The van der Waals surface area contributed by atoms with E-state index in [4.69, 9.17) is 0 Å². The Morgan fingerprint density at radius 1 is 1.19 bits per heavy atom. The van der Waals surface area contributed by atoms with E-state index in [9.17, 15) is 4.79 Å². The number of carbonyl (C=O) groups is 1. The van der Waals surface area contributed by atoms with Gasteiger partial charge in [0.25, 0.3) is 5.91 Å². The van der Waals surface area contributed by atoms with E-state index in [0.717, 1.165) is 45.4 Å². The molecule has 3 heterocycles. The summed E-state index contributed by atoms with van der Waals surface area (Å²) in [6.45, 7) is 8.18. The Labute approximate surface area is 160 Å². The first-order valence-corrected chi connectivity index (χ1v) is 10.2. The van der Waals surface area contributed by atoms with Crippen molar-refractivity contribution in [2.24, 2.45) is 0 Å². The normalized spacial score (nSPS) is 24.1. The lowest BCUT2D eigenvalue weighted by Crippen LogP contribution is -2.56. The van der Waals surface area contributed by atoms with Crippen LogP contribution >= 0.6 is 0 Å². The van der Waals surface area contributed by atoms with Gasteiger partial charge < -0.3 is 4.90 Å². The summed E-state index contributed by atoms with van der Waals surface area (Å²) in [6.07, 6.45) is 4.35. The minimum atomic E-state index is 0.108. The molecule has 142 valence electrons. The summed E-state index contributed by atoms with van der Waals surface area (Å²) in [5, 5.41) is 7.54. The van der Waals surface area contributed by atoms with E-state index in [1.54, 1.807) is 0 Å². The van der Waals surface area contributed by atoms with Gasteiger partial charge >= 0.3 is 0 Å². The first kappa shape index (κ1) is 17.0. The van der Waals surface area contributed by atoms with Crippen LogP contribution in [0, 0.1) is 0 Å². The SMILES string of the molecule is CC1(C)CN2CCN(C(=O)c3n[nH]c4c3CCCC4)CC2c2ccccc21. The third kappa shape index (κ3) is 2.71. The smallest absolute Gasteiger partial charge is 0.274 e. The van der Waals surface area contributed by atoms with Crippen molar-refractivity contribution in [3.63, 3.8) is 0 Å². The van der Waals surface area contributed by atoms with Gasteiger partial charge in [-0.2, -0.15) is 5.10 Å². The van der Waals surface area contributed by atoms with Crippen molar-refractivity contribution in [2.75, 3.05) is 26.2 Å². The lowest BCUT2D eigenvalue weighted by molar-refractivity contribution is 0.0354. The summed E-state index contributed by atoms with van der Waals surface area (Å²) < 4.78 is 0. The molecule has 5 heteroatoms. The van der Waals surface area contributed by atoms with Gasteiger partial charge in [-0.05, 0) is 36.8 Å². The van der Waals surface area contributed by atoms with Gasteiger partial charge in [0.1, 0.15) is 0 Å².